The van der Waals surface area contributed by atoms with Crippen molar-refractivity contribution in [2.45, 2.75) is 51.8 Å². The van der Waals surface area contributed by atoms with Crippen molar-refractivity contribution in [2.24, 2.45) is 10.3 Å². The van der Waals surface area contributed by atoms with Crippen LogP contribution in [-0.4, -0.2) is 16.8 Å². The summed E-state index contributed by atoms with van der Waals surface area (Å²) in [7, 11) is -7.52. The molecule has 0 atom stereocenters. The molecule has 6 nitrogen and oxygen atoms in total. The minimum atomic E-state index is -3.95. The molecule has 11 heteroatoms. The highest BCUT2D eigenvalue weighted by Gasteiger charge is 2.17. The van der Waals surface area contributed by atoms with Gasteiger partial charge in [0.15, 0.2) is 0 Å². The molecule has 0 aliphatic heterocycles. The summed E-state index contributed by atoms with van der Waals surface area (Å²) in [5, 5.41) is 9.81. The lowest BCUT2D eigenvalue weighted by Crippen LogP contribution is -2.15. The Bertz CT molecular complexity index is 848. The molecule has 0 unspecified atom stereocenters. The summed E-state index contributed by atoms with van der Waals surface area (Å²) in [6, 6.07) is 9.19. The van der Waals surface area contributed by atoms with Gasteiger partial charge >= 0.3 is 0 Å². The van der Waals surface area contributed by atoms with Crippen LogP contribution in [0.3, 0.4) is 0 Å². The third-order valence-electron chi connectivity index (χ3n) is 2.65. The lowest BCUT2D eigenvalue weighted by molar-refractivity contribution is 0.566. The summed E-state index contributed by atoms with van der Waals surface area (Å²) >= 11 is 3.66. The Balaban J connectivity index is -0.000000386. The molecule has 2 rings (SSSR count). The number of halogens is 3. The molecule has 0 saturated carbocycles. The zero-order chi connectivity index (χ0) is 22.7. The van der Waals surface area contributed by atoms with Crippen molar-refractivity contribution in [3.63, 3.8) is 0 Å². The average Bonchev–Trinajstić information content (AvgIpc) is 2.56. The van der Waals surface area contributed by atoms with E-state index in [0.717, 1.165) is 6.07 Å². The summed E-state index contributed by atoms with van der Waals surface area (Å²) in [5.74, 6) is -0.815. The Kier molecular flexibility index (Phi) is 17.7. The van der Waals surface area contributed by atoms with Crippen molar-refractivity contribution >= 4 is 65.2 Å². The minimum absolute atomic E-state index is 0. The Labute approximate surface area is 202 Å². The van der Waals surface area contributed by atoms with E-state index in [9.17, 15) is 21.2 Å². The lowest BCUT2D eigenvalue weighted by atomic mass is 10.2. The molecule has 0 heterocycles. The van der Waals surface area contributed by atoms with Gasteiger partial charge in [-0.1, -0.05) is 53.3 Å². The van der Waals surface area contributed by atoms with Crippen molar-refractivity contribution in [1.29, 1.82) is 0 Å². The second kappa shape index (κ2) is 15.5. The van der Waals surface area contributed by atoms with Crippen LogP contribution in [0.15, 0.2) is 46.2 Å². The average molecular weight is 674 g/mol. The molecule has 0 aliphatic rings. The molecule has 29 heavy (non-hydrogen) atoms. The van der Waals surface area contributed by atoms with Gasteiger partial charge in [0.1, 0.15) is 10.7 Å². The Hall–Kier alpha value is -0.350. The van der Waals surface area contributed by atoms with Crippen molar-refractivity contribution in [1.82, 2.24) is 0 Å². The molecule has 0 fully saturated rings. The largest absolute Gasteiger partial charge is 0.242 e. The summed E-state index contributed by atoms with van der Waals surface area (Å²) in [5.41, 5.74) is 0.685. The van der Waals surface area contributed by atoms with Gasteiger partial charge in [-0.3, -0.25) is 0 Å². The molecule has 0 bridgehead atoms. The van der Waals surface area contributed by atoms with Crippen molar-refractivity contribution in [2.75, 3.05) is 0 Å². The van der Waals surface area contributed by atoms with Crippen LogP contribution in [0, 0.1) is 19.9 Å². The SMILES string of the molecule is C.CC.CC.Cc1cccc(I)c1S(N)(=O)=O.NS(=O)(=O)c1c(F)cccc1I. The first kappa shape index (κ1) is 33.3. The second-order valence-electron chi connectivity index (χ2n) is 4.53. The third-order valence-corrected chi connectivity index (χ3v) is 7.28. The van der Waals surface area contributed by atoms with Gasteiger partial charge in [-0.25, -0.2) is 31.5 Å². The Morgan fingerprint density at radius 2 is 1.10 bits per heavy atom. The van der Waals surface area contributed by atoms with Crippen LogP contribution in [0.1, 0.15) is 40.7 Å². The molecule has 0 saturated heterocycles. The van der Waals surface area contributed by atoms with E-state index in [-0.39, 0.29) is 15.9 Å². The van der Waals surface area contributed by atoms with Crippen LogP contribution in [0.25, 0.3) is 0 Å². The van der Waals surface area contributed by atoms with Crippen molar-refractivity contribution in [3.8, 4) is 0 Å². The maximum absolute atomic E-state index is 12.9. The van der Waals surface area contributed by atoms with Gasteiger partial charge in [0.05, 0.1) is 4.90 Å². The number of primary sulfonamides is 2. The summed E-state index contributed by atoms with van der Waals surface area (Å²) in [6.45, 7) is 9.72. The van der Waals surface area contributed by atoms with Gasteiger partial charge in [0, 0.05) is 7.14 Å². The van der Waals surface area contributed by atoms with Gasteiger partial charge in [-0.05, 0) is 75.9 Å². The van der Waals surface area contributed by atoms with Gasteiger partial charge in [-0.15, -0.1) is 0 Å². The fourth-order valence-electron chi connectivity index (χ4n) is 1.73. The van der Waals surface area contributed by atoms with Crippen molar-refractivity contribution < 1.29 is 21.2 Å². The minimum Gasteiger partial charge on any atom is -0.225 e. The van der Waals surface area contributed by atoms with Gasteiger partial charge in [0.25, 0.3) is 0 Å². The van der Waals surface area contributed by atoms with E-state index in [0.29, 0.717) is 9.13 Å². The maximum Gasteiger partial charge on any atom is 0.242 e. The summed E-state index contributed by atoms with van der Waals surface area (Å²) < 4.78 is 57.5. The topological polar surface area (TPSA) is 120 Å². The summed E-state index contributed by atoms with van der Waals surface area (Å²) in [4.78, 5) is -0.212. The lowest BCUT2D eigenvalue weighted by Gasteiger charge is -2.04. The molecule has 2 aromatic rings. The fraction of sp³-hybridized carbons (Fsp3) is 0.333. The van der Waals surface area contributed by atoms with E-state index in [1.807, 2.05) is 50.3 Å². The number of sulfonamides is 2. The van der Waals surface area contributed by atoms with Crippen molar-refractivity contribution in [3.05, 3.63) is 54.9 Å². The molecule has 0 aromatic heterocycles. The quantitative estimate of drug-likeness (QED) is 0.436. The smallest absolute Gasteiger partial charge is 0.225 e. The molecule has 0 spiro atoms. The van der Waals surface area contributed by atoms with Crippen LogP contribution < -0.4 is 10.3 Å². The standard InChI is InChI=1S/C7H8INO2S.C6H5FINO2S.2C2H6.CH4/c1-5-3-2-4-6(8)7(5)12(9,10)11;7-4-2-1-3-5(8)6(4)12(9,10)11;2*1-2;/h2-4H,1H3,(H2,9,10,11);1-3H,(H2,9,10,11);2*1-2H3;1H4. The fourth-order valence-corrected chi connectivity index (χ4v) is 6.21. The van der Waals surface area contributed by atoms with E-state index in [1.165, 1.54) is 12.1 Å². The number of benzene rings is 2. The van der Waals surface area contributed by atoms with E-state index >= 15 is 0 Å². The number of hydrogen-bond acceptors (Lipinski definition) is 4. The van der Waals surface area contributed by atoms with Gasteiger partial charge < -0.3 is 0 Å². The monoisotopic (exact) mass is 674 g/mol. The Morgan fingerprint density at radius 1 is 0.759 bits per heavy atom. The van der Waals surface area contributed by atoms with E-state index < -0.39 is 30.8 Å². The normalized spacial score (nSPS) is 10.0. The number of hydrogen-bond donors (Lipinski definition) is 2. The highest BCUT2D eigenvalue weighted by Crippen LogP contribution is 2.20. The van der Waals surface area contributed by atoms with E-state index in [2.05, 4.69) is 0 Å². The Morgan fingerprint density at radius 3 is 1.34 bits per heavy atom. The number of aryl methyl sites for hydroxylation is 1. The molecular weight excluding hydrogens is 645 g/mol. The van der Waals surface area contributed by atoms with E-state index in [4.69, 9.17) is 10.3 Å². The van der Waals surface area contributed by atoms with Crippen LogP contribution in [0.2, 0.25) is 0 Å². The molecule has 4 N–H and O–H groups in total. The maximum atomic E-state index is 12.9. The first-order valence-electron chi connectivity index (χ1n) is 8.10. The first-order valence-corrected chi connectivity index (χ1v) is 13.4. The highest BCUT2D eigenvalue weighted by atomic mass is 127. The third kappa shape index (κ3) is 11.6. The zero-order valence-corrected chi connectivity index (χ0v) is 22.2. The summed E-state index contributed by atoms with van der Waals surface area (Å²) in [6.07, 6.45) is 0. The first-order chi connectivity index (χ1) is 12.9. The number of nitrogens with two attached hydrogens (primary N) is 2. The molecule has 168 valence electrons. The number of rotatable bonds is 2. The highest BCUT2D eigenvalue weighted by molar-refractivity contribution is 14.1. The molecule has 0 radical (unpaired) electrons. The molecule has 0 aliphatic carbocycles. The molecule has 2 aromatic carbocycles. The van der Waals surface area contributed by atoms with Crippen LogP contribution in [0.5, 0.6) is 0 Å². The molecular formula is C18H29FI2N2O4S2. The van der Waals surface area contributed by atoms with Gasteiger partial charge in [0.2, 0.25) is 20.0 Å². The van der Waals surface area contributed by atoms with Crippen LogP contribution in [-0.2, 0) is 20.0 Å². The van der Waals surface area contributed by atoms with Crippen LogP contribution >= 0.6 is 45.2 Å². The van der Waals surface area contributed by atoms with Gasteiger partial charge in [-0.2, -0.15) is 0 Å². The predicted octanol–water partition coefficient (Wildman–Crippen LogP) is 5.01. The molecule has 0 amide bonds. The second-order valence-corrected chi connectivity index (χ2v) is 9.85. The van der Waals surface area contributed by atoms with Crippen LogP contribution in [0.4, 0.5) is 4.39 Å². The zero-order valence-electron chi connectivity index (χ0n) is 16.2. The van der Waals surface area contributed by atoms with E-state index in [1.54, 1.807) is 47.7 Å². The predicted molar refractivity (Wildman–Crippen MR) is 135 cm³/mol.